The van der Waals surface area contributed by atoms with E-state index >= 15 is 0 Å². The summed E-state index contributed by atoms with van der Waals surface area (Å²) in [6.45, 7) is 4.01. The van der Waals surface area contributed by atoms with Gasteiger partial charge in [-0.2, -0.15) is 0 Å². The van der Waals surface area contributed by atoms with Crippen LogP contribution in [0.25, 0.3) is 11.0 Å². The average molecular weight is 300 g/mol. The summed E-state index contributed by atoms with van der Waals surface area (Å²) in [6, 6.07) is 15.8. The molecule has 0 saturated heterocycles. The Morgan fingerprint density at radius 3 is 2.48 bits per heavy atom. The first-order valence-electron chi connectivity index (χ1n) is 7.03. The van der Waals surface area contributed by atoms with Gasteiger partial charge in [-0.05, 0) is 37.6 Å². The van der Waals surface area contributed by atoms with Crippen LogP contribution in [0, 0.1) is 6.92 Å². The molecule has 0 aliphatic heterocycles. The molecule has 0 saturated carbocycles. The molecule has 3 aromatic rings. The first-order chi connectivity index (χ1) is 10.1. The monoisotopic (exact) mass is 299 g/mol. The molecule has 4 heteroatoms. The van der Waals surface area contributed by atoms with Crippen molar-refractivity contribution in [3.8, 4) is 0 Å². The number of aromatic nitrogens is 2. The van der Waals surface area contributed by atoms with Crippen molar-refractivity contribution >= 4 is 22.6 Å². The lowest BCUT2D eigenvalue weighted by Gasteiger charge is -2.26. The molecule has 0 bridgehead atoms. The van der Waals surface area contributed by atoms with Crippen molar-refractivity contribution in [1.29, 1.82) is 0 Å². The maximum absolute atomic E-state index is 6.39. The molecule has 2 N–H and O–H groups in total. The van der Waals surface area contributed by atoms with Gasteiger partial charge < -0.3 is 10.3 Å². The van der Waals surface area contributed by atoms with Gasteiger partial charge in [0.1, 0.15) is 5.82 Å². The van der Waals surface area contributed by atoms with Gasteiger partial charge in [-0.3, -0.25) is 0 Å². The van der Waals surface area contributed by atoms with Crippen LogP contribution >= 0.6 is 11.6 Å². The predicted molar refractivity (Wildman–Crippen MR) is 87.7 cm³/mol. The fraction of sp³-hybridized carbons (Fsp3) is 0.235. The Kier molecular flexibility index (Phi) is 3.70. The van der Waals surface area contributed by atoms with Crippen molar-refractivity contribution in [2.45, 2.75) is 25.9 Å². The number of hydrogen-bond donors (Lipinski definition) is 1. The minimum absolute atomic E-state index is 0.0360. The van der Waals surface area contributed by atoms with E-state index in [1.54, 1.807) is 0 Å². The van der Waals surface area contributed by atoms with Gasteiger partial charge in [-0.1, -0.05) is 41.9 Å². The van der Waals surface area contributed by atoms with Crippen LogP contribution in [0.2, 0.25) is 5.02 Å². The zero-order valence-electron chi connectivity index (χ0n) is 12.1. The van der Waals surface area contributed by atoms with Crippen LogP contribution in [0.15, 0.2) is 48.5 Å². The lowest BCUT2D eigenvalue weighted by atomic mass is 10.00. The second-order valence-corrected chi connectivity index (χ2v) is 5.75. The highest BCUT2D eigenvalue weighted by molar-refractivity contribution is 6.31. The third-order valence-electron chi connectivity index (χ3n) is 3.77. The Labute approximate surface area is 129 Å². The molecule has 0 radical (unpaired) electrons. The highest BCUT2D eigenvalue weighted by atomic mass is 35.5. The number of hydrogen-bond acceptors (Lipinski definition) is 2. The number of aryl methyl sites for hydroxylation is 1. The van der Waals surface area contributed by atoms with Gasteiger partial charge in [0.15, 0.2) is 0 Å². The van der Waals surface area contributed by atoms with E-state index in [1.807, 2.05) is 56.3 Å². The molecule has 0 amide bonds. The standard InChI is InChI=1S/C17H18ClN3/c1-11(19)17(13-7-3-4-8-14(13)18)21-12(2)20-15-9-5-6-10-16(15)21/h3-11,17H,19H2,1-2H3. The predicted octanol–water partition coefficient (Wildman–Crippen LogP) is 3.93. The highest BCUT2D eigenvalue weighted by Gasteiger charge is 2.24. The molecule has 108 valence electrons. The minimum Gasteiger partial charge on any atom is -0.326 e. The molecule has 3 nitrogen and oxygen atoms in total. The summed E-state index contributed by atoms with van der Waals surface area (Å²) < 4.78 is 2.18. The Morgan fingerprint density at radius 2 is 1.76 bits per heavy atom. The fourth-order valence-electron chi connectivity index (χ4n) is 2.89. The Balaban J connectivity index is 2.26. The summed E-state index contributed by atoms with van der Waals surface area (Å²) in [5.74, 6) is 0.943. The molecule has 3 rings (SSSR count). The summed E-state index contributed by atoms with van der Waals surface area (Å²) >= 11 is 6.39. The lowest BCUT2D eigenvalue weighted by Crippen LogP contribution is -2.31. The van der Waals surface area contributed by atoms with Crippen molar-refractivity contribution in [1.82, 2.24) is 9.55 Å². The number of fused-ring (bicyclic) bond motifs is 1. The Bertz CT molecular complexity index is 777. The third-order valence-corrected chi connectivity index (χ3v) is 4.12. The van der Waals surface area contributed by atoms with E-state index in [2.05, 4.69) is 15.6 Å². The van der Waals surface area contributed by atoms with Gasteiger partial charge in [0.25, 0.3) is 0 Å². The van der Waals surface area contributed by atoms with Crippen molar-refractivity contribution in [3.05, 3.63) is 64.9 Å². The quantitative estimate of drug-likeness (QED) is 0.796. The first-order valence-corrected chi connectivity index (χ1v) is 7.41. The molecular formula is C17H18ClN3. The zero-order valence-corrected chi connectivity index (χ0v) is 12.9. The van der Waals surface area contributed by atoms with Crippen LogP contribution in [0.1, 0.15) is 24.4 Å². The van der Waals surface area contributed by atoms with Crippen LogP contribution < -0.4 is 5.73 Å². The second-order valence-electron chi connectivity index (χ2n) is 5.34. The lowest BCUT2D eigenvalue weighted by molar-refractivity contribution is 0.498. The number of benzene rings is 2. The molecule has 2 atom stereocenters. The smallest absolute Gasteiger partial charge is 0.107 e. The van der Waals surface area contributed by atoms with Crippen molar-refractivity contribution < 1.29 is 0 Å². The van der Waals surface area contributed by atoms with Crippen molar-refractivity contribution in [3.63, 3.8) is 0 Å². The first kappa shape index (κ1) is 14.1. The molecule has 21 heavy (non-hydrogen) atoms. The van der Waals surface area contributed by atoms with Gasteiger partial charge in [-0.15, -0.1) is 0 Å². The van der Waals surface area contributed by atoms with Crippen LogP contribution in [-0.4, -0.2) is 15.6 Å². The maximum atomic E-state index is 6.39. The van der Waals surface area contributed by atoms with E-state index in [9.17, 15) is 0 Å². The van der Waals surface area contributed by atoms with Gasteiger partial charge in [-0.25, -0.2) is 4.98 Å². The van der Waals surface area contributed by atoms with Crippen LogP contribution in [0.4, 0.5) is 0 Å². The fourth-order valence-corrected chi connectivity index (χ4v) is 3.14. The van der Waals surface area contributed by atoms with E-state index in [4.69, 9.17) is 17.3 Å². The van der Waals surface area contributed by atoms with E-state index in [-0.39, 0.29) is 12.1 Å². The summed E-state index contributed by atoms with van der Waals surface area (Å²) in [4.78, 5) is 4.64. The van der Waals surface area contributed by atoms with Crippen molar-refractivity contribution in [2.75, 3.05) is 0 Å². The second kappa shape index (κ2) is 5.51. The normalized spacial score (nSPS) is 14.3. The van der Waals surface area contributed by atoms with Gasteiger partial charge in [0.05, 0.1) is 17.1 Å². The minimum atomic E-state index is -0.0822. The molecule has 2 aromatic carbocycles. The molecule has 1 heterocycles. The number of nitrogens with zero attached hydrogens (tertiary/aromatic N) is 2. The topological polar surface area (TPSA) is 43.8 Å². The molecule has 0 aliphatic carbocycles. The van der Waals surface area contributed by atoms with E-state index in [1.165, 1.54) is 0 Å². The van der Waals surface area contributed by atoms with E-state index < -0.39 is 0 Å². The van der Waals surface area contributed by atoms with E-state index in [0.717, 1.165) is 27.4 Å². The number of para-hydroxylation sites is 2. The van der Waals surface area contributed by atoms with Crippen LogP contribution in [0.5, 0.6) is 0 Å². The Morgan fingerprint density at radius 1 is 1.10 bits per heavy atom. The summed E-state index contributed by atoms with van der Waals surface area (Å²) in [7, 11) is 0. The number of halogens is 1. The van der Waals surface area contributed by atoms with Gasteiger partial charge in [0, 0.05) is 11.1 Å². The number of imidazole rings is 1. The highest BCUT2D eigenvalue weighted by Crippen LogP contribution is 2.31. The van der Waals surface area contributed by atoms with Gasteiger partial charge >= 0.3 is 0 Å². The summed E-state index contributed by atoms with van der Waals surface area (Å²) in [5, 5.41) is 0.733. The molecule has 0 fully saturated rings. The summed E-state index contributed by atoms with van der Waals surface area (Å²) in [6.07, 6.45) is 0. The number of rotatable bonds is 3. The number of nitrogens with two attached hydrogens (primary N) is 1. The summed E-state index contributed by atoms with van der Waals surface area (Å²) in [5.41, 5.74) is 9.37. The Hall–Kier alpha value is -1.84. The van der Waals surface area contributed by atoms with Crippen LogP contribution in [0.3, 0.4) is 0 Å². The maximum Gasteiger partial charge on any atom is 0.107 e. The van der Waals surface area contributed by atoms with Gasteiger partial charge in [0.2, 0.25) is 0 Å². The van der Waals surface area contributed by atoms with Crippen molar-refractivity contribution in [2.24, 2.45) is 5.73 Å². The molecular weight excluding hydrogens is 282 g/mol. The molecule has 0 aliphatic rings. The largest absolute Gasteiger partial charge is 0.326 e. The average Bonchev–Trinajstić information content (AvgIpc) is 2.78. The SMILES string of the molecule is Cc1nc2ccccc2n1C(c1ccccc1Cl)C(C)N. The molecule has 2 unspecified atom stereocenters. The third kappa shape index (κ3) is 2.43. The zero-order chi connectivity index (χ0) is 15.0. The van der Waals surface area contributed by atoms with Crippen LogP contribution in [-0.2, 0) is 0 Å². The molecule has 0 spiro atoms. The molecule has 1 aromatic heterocycles. The van der Waals surface area contributed by atoms with E-state index in [0.29, 0.717) is 0 Å².